The Hall–Kier alpha value is -7.04. The highest BCUT2D eigenvalue weighted by Crippen LogP contribution is 2.33. The SMILES string of the molecule is C1=CCC(c2cc(-c3ccc(-c4cccc(-c5ccc(-c6cc(-c7ccccc7)nc(-c7ccccc7)n6)cc5)c4)cc3)nc(-c3ccccc3)n2)C=C1. The molecule has 1 aliphatic carbocycles. The first-order chi connectivity index (χ1) is 26.7. The lowest BCUT2D eigenvalue weighted by atomic mass is 9.95. The third kappa shape index (κ3) is 7.06. The van der Waals surface area contributed by atoms with Crippen LogP contribution in [0.3, 0.4) is 0 Å². The maximum absolute atomic E-state index is 5.03. The second-order valence-electron chi connectivity index (χ2n) is 13.5. The Labute approximate surface area is 316 Å². The number of aromatic nitrogens is 4. The van der Waals surface area contributed by atoms with Gasteiger partial charge in [0.2, 0.25) is 0 Å². The van der Waals surface area contributed by atoms with Gasteiger partial charge in [0.1, 0.15) is 0 Å². The summed E-state index contributed by atoms with van der Waals surface area (Å²) in [6.07, 6.45) is 9.57. The molecule has 0 bridgehead atoms. The van der Waals surface area contributed by atoms with E-state index in [1.54, 1.807) is 0 Å². The highest BCUT2D eigenvalue weighted by Gasteiger charge is 2.16. The normalized spacial score (nSPS) is 13.5. The predicted molar refractivity (Wildman–Crippen MR) is 221 cm³/mol. The fourth-order valence-electron chi connectivity index (χ4n) is 6.93. The van der Waals surface area contributed by atoms with Crippen LogP contribution in [0.2, 0.25) is 0 Å². The zero-order chi connectivity index (χ0) is 36.1. The lowest BCUT2D eigenvalue weighted by molar-refractivity contribution is 0.811. The molecule has 1 atom stereocenters. The molecule has 0 aliphatic heterocycles. The van der Waals surface area contributed by atoms with Crippen molar-refractivity contribution in [3.05, 3.63) is 206 Å². The van der Waals surface area contributed by atoms with Crippen LogP contribution in [0.5, 0.6) is 0 Å². The molecular formula is C50H36N4. The fraction of sp³-hybridized carbons (Fsp3) is 0.0400. The average molecular weight is 693 g/mol. The molecule has 0 fully saturated rings. The van der Waals surface area contributed by atoms with Crippen LogP contribution in [0.1, 0.15) is 18.0 Å². The van der Waals surface area contributed by atoms with Gasteiger partial charge in [-0.2, -0.15) is 0 Å². The zero-order valence-corrected chi connectivity index (χ0v) is 29.6. The minimum atomic E-state index is 0.231. The highest BCUT2D eigenvalue weighted by atomic mass is 14.9. The smallest absolute Gasteiger partial charge is 0.160 e. The van der Waals surface area contributed by atoms with Crippen LogP contribution in [0.4, 0.5) is 0 Å². The van der Waals surface area contributed by atoms with Gasteiger partial charge >= 0.3 is 0 Å². The monoisotopic (exact) mass is 692 g/mol. The first-order valence-corrected chi connectivity index (χ1v) is 18.3. The van der Waals surface area contributed by atoms with E-state index in [1.165, 1.54) is 0 Å². The molecular weight excluding hydrogens is 657 g/mol. The predicted octanol–water partition coefficient (Wildman–Crippen LogP) is 12.5. The molecule has 0 radical (unpaired) electrons. The van der Waals surface area contributed by atoms with Crippen molar-refractivity contribution in [3.8, 4) is 78.8 Å². The van der Waals surface area contributed by atoms with Crippen molar-refractivity contribution in [1.29, 1.82) is 0 Å². The molecule has 0 spiro atoms. The van der Waals surface area contributed by atoms with Gasteiger partial charge < -0.3 is 0 Å². The summed E-state index contributed by atoms with van der Waals surface area (Å²) in [5.41, 5.74) is 13.5. The molecule has 256 valence electrons. The van der Waals surface area contributed by atoms with Crippen LogP contribution < -0.4 is 0 Å². The van der Waals surface area contributed by atoms with Crippen LogP contribution in [0.25, 0.3) is 78.8 Å². The number of nitrogens with zero attached hydrogens (tertiary/aromatic N) is 4. The Morgan fingerprint density at radius 1 is 0.333 bits per heavy atom. The topological polar surface area (TPSA) is 51.6 Å². The molecule has 4 heteroatoms. The summed E-state index contributed by atoms with van der Waals surface area (Å²) in [4.78, 5) is 20.0. The molecule has 1 unspecified atom stereocenters. The van der Waals surface area contributed by atoms with Gasteiger partial charge in [-0.1, -0.05) is 182 Å². The van der Waals surface area contributed by atoms with Gasteiger partial charge in [0.15, 0.2) is 11.6 Å². The minimum absolute atomic E-state index is 0.231. The summed E-state index contributed by atoms with van der Waals surface area (Å²) in [7, 11) is 0. The van der Waals surface area contributed by atoms with Crippen molar-refractivity contribution in [3.63, 3.8) is 0 Å². The van der Waals surface area contributed by atoms with Crippen molar-refractivity contribution in [2.24, 2.45) is 0 Å². The number of hydrogen-bond donors (Lipinski definition) is 0. The molecule has 0 saturated carbocycles. The van der Waals surface area contributed by atoms with Crippen molar-refractivity contribution in [2.75, 3.05) is 0 Å². The van der Waals surface area contributed by atoms with Crippen LogP contribution in [-0.4, -0.2) is 19.9 Å². The van der Waals surface area contributed by atoms with E-state index in [1.807, 2.05) is 54.6 Å². The van der Waals surface area contributed by atoms with Crippen LogP contribution in [0, 0.1) is 0 Å². The maximum atomic E-state index is 5.03. The van der Waals surface area contributed by atoms with Crippen molar-refractivity contribution < 1.29 is 0 Å². The fourth-order valence-corrected chi connectivity index (χ4v) is 6.93. The van der Waals surface area contributed by atoms with Crippen LogP contribution >= 0.6 is 0 Å². The van der Waals surface area contributed by atoms with E-state index in [2.05, 4.69) is 146 Å². The molecule has 4 nitrogen and oxygen atoms in total. The molecule has 2 aromatic heterocycles. The quantitative estimate of drug-likeness (QED) is 0.159. The van der Waals surface area contributed by atoms with Gasteiger partial charge in [-0.3, -0.25) is 0 Å². The van der Waals surface area contributed by atoms with Gasteiger partial charge in [0.25, 0.3) is 0 Å². The number of hydrogen-bond acceptors (Lipinski definition) is 4. The van der Waals surface area contributed by atoms with Gasteiger partial charge in [-0.05, 0) is 46.9 Å². The Balaban J connectivity index is 0.997. The molecule has 0 saturated heterocycles. The summed E-state index contributed by atoms with van der Waals surface area (Å²) >= 11 is 0. The van der Waals surface area contributed by atoms with Crippen LogP contribution in [-0.2, 0) is 0 Å². The Kier molecular flexibility index (Phi) is 9.06. The summed E-state index contributed by atoms with van der Waals surface area (Å²) in [6, 6.07) is 61.0. The summed E-state index contributed by atoms with van der Waals surface area (Å²) in [6.45, 7) is 0. The van der Waals surface area contributed by atoms with Crippen molar-refractivity contribution in [2.45, 2.75) is 12.3 Å². The second-order valence-corrected chi connectivity index (χ2v) is 13.5. The van der Waals surface area contributed by atoms with Crippen molar-refractivity contribution in [1.82, 2.24) is 19.9 Å². The minimum Gasteiger partial charge on any atom is -0.232 e. The average Bonchev–Trinajstić information content (AvgIpc) is 3.27. The number of allylic oxidation sites excluding steroid dienone is 4. The lowest BCUT2D eigenvalue weighted by Gasteiger charge is -2.15. The van der Waals surface area contributed by atoms with Crippen LogP contribution in [0.15, 0.2) is 200 Å². The van der Waals surface area contributed by atoms with E-state index in [9.17, 15) is 0 Å². The van der Waals surface area contributed by atoms with E-state index >= 15 is 0 Å². The lowest BCUT2D eigenvalue weighted by Crippen LogP contribution is -2.03. The first-order valence-electron chi connectivity index (χ1n) is 18.3. The number of rotatable bonds is 8. The van der Waals surface area contributed by atoms with E-state index in [4.69, 9.17) is 19.9 Å². The Morgan fingerprint density at radius 2 is 0.759 bits per heavy atom. The summed E-state index contributed by atoms with van der Waals surface area (Å²) in [5.74, 6) is 1.70. The molecule has 6 aromatic carbocycles. The molecule has 8 aromatic rings. The van der Waals surface area contributed by atoms with E-state index < -0.39 is 0 Å². The highest BCUT2D eigenvalue weighted by molar-refractivity contribution is 5.77. The van der Waals surface area contributed by atoms with Gasteiger partial charge in [0.05, 0.1) is 22.8 Å². The van der Waals surface area contributed by atoms with Gasteiger partial charge in [-0.25, -0.2) is 19.9 Å². The maximum Gasteiger partial charge on any atom is 0.160 e. The molecule has 2 heterocycles. The Morgan fingerprint density at radius 3 is 1.26 bits per heavy atom. The molecule has 0 amide bonds. The van der Waals surface area contributed by atoms with Crippen molar-refractivity contribution >= 4 is 0 Å². The third-order valence-corrected chi connectivity index (χ3v) is 9.86. The molecule has 54 heavy (non-hydrogen) atoms. The van der Waals surface area contributed by atoms with Gasteiger partial charge in [-0.15, -0.1) is 0 Å². The summed E-state index contributed by atoms with van der Waals surface area (Å²) < 4.78 is 0. The summed E-state index contributed by atoms with van der Waals surface area (Å²) in [5, 5.41) is 0. The second kappa shape index (κ2) is 14.9. The first kappa shape index (κ1) is 32.8. The molecule has 9 rings (SSSR count). The number of benzene rings is 6. The molecule has 1 aliphatic rings. The van der Waals surface area contributed by atoms with E-state index in [0.717, 1.165) is 85.1 Å². The standard InChI is InChI=1S/C50H36N4/c1-5-14-37(15-6-1)45-33-47(53-49(51-45)41-18-9-3-10-19-41)39-28-24-35(25-29-39)43-22-13-23-44(32-43)36-26-30-40(31-27-36)48-34-46(38-16-7-2-8-17-38)52-50(54-48)42-20-11-4-12-21-42/h1-16,18-34,38H,17H2. The molecule has 0 N–H and O–H groups in total. The van der Waals surface area contributed by atoms with Gasteiger partial charge in [0, 0.05) is 33.7 Å². The van der Waals surface area contributed by atoms with E-state index in [-0.39, 0.29) is 5.92 Å². The third-order valence-electron chi connectivity index (χ3n) is 9.86. The largest absolute Gasteiger partial charge is 0.232 e. The Bertz CT molecular complexity index is 2540. The van der Waals surface area contributed by atoms with E-state index in [0.29, 0.717) is 5.82 Å². The zero-order valence-electron chi connectivity index (χ0n) is 29.6.